The summed E-state index contributed by atoms with van der Waals surface area (Å²) in [7, 11) is -2.68. The minimum atomic E-state index is -4.05. The number of hydrogen-bond acceptors (Lipinski definition) is 5. The number of benzene rings is 2. The lowest BCUT2D eigenvalue weighted by Gasteiger charge is -2.14. The molecule has 1 amide bonds. The second kappa shape index (κ2) is 7.22. The smallest absolute Gasteiger partial charge is 0.335 e. The van der Waals surface area contributed by atoms with Crippen LogP contribution >= 0.6 is 0 Å². The molecule has 0 spiro atoms. The summed E-state index contributed by atoms with van der Waals surface area (Å²) in [5.41, 5.74) is 0.335. The standard InChI is InChI=1S/C16H16N2O6S/c1-10(19)17-12-6-7-15(24-2)14(9-12)18-25(22,23)13-5-3-4-11(8-13)16(20)21/h3-9,18H,1-2H3,(H,17,19)(H,20,21). The van der Waals surface area contributed by atoms with Gasteiger partial charge >= 0.3 is 5.97 Å². The van der Waals surface area contributed by atoms with E-state index in [1.165, 1.54) is 44.4 Å². The van der Waals surface area contributed by atoms with E-state index < -0.39 is 16.0 Å². The number of carbonyl (C=O) groups is 2. The molecule has 0 atom stereocenters. The molecule has 25 heavy (non-hydrogen) atoms. The number of rotatable bonds is 6. The molecule has 0 unspecified atom stereocenters. The van der Waals surface area contributed by atoms with Crippen molar-refractivity contribution < 1.29 is 27.9 Å². The summed E-state index contributed by atoms with van der Waals surface area (Å²) < 4.78 is 32.5. The first-order valence-electron chi connectivity index (χ1n) is 7.05. The van der Waals surface area contributed by atoms with Crippen LogP contribution in [-0.2, 0) is 14.8 Å². The van der Waals surface area contributed by atoms with E-state index in [2.05, 4.69) is 10.0 Å². The predicted molar refractivity (Wildman–Crippen MR) is 91.5 cm³/mol. The molecule has 0 aliphatic heterocycles. The fourth-order valence-corrected chi connectivity index (χ4v) is 3.18. The summed E-state index contributed by atoms with van der Waals surface area (Å²) in [6, 6.07) is 9.41. The van der Waals surface area contributed by atoms with E-state index in [1.54, 1.807) is 6.07 Å². The number of carbonyl (C=O) groups excluding carboxylic acids is 1. The molecule has 0 radical (unpaired) electrons. The second-order valence-electron chi connectivity index (χ2n) is 5.03. The van der Waals surface area contributed by atoms with Crippen LogP contribution in [0.4, 0.5) is 11.4 Å². The van der Waals surface area contributed by atoms with Crippen molar-refractivity contribution in [3.63, 3.8) is 0 Å². The number of carboxylic acids is 1. The summed E-state index contributed by atoms with van der Waals surface area (Å²) in [6.45, 7) is 1.32. The molecule has 2 aromatic rings. The van der Waals surface area contributed by atoms with Gasteiger partial charge in [0.1, 0.15) is 5.75 Å². The SMILES string of the molecule is COc1ccc(NC(C)=O)cc1NS(=O)(=O)c1cccc(C(=O)O)c1. The maximum atomic E-state index is 12.5. The molecule has 132 valence electrons. The van der Waals surface area contributed by atoms with Crippen molar-refractivity contribution in [3.05, 3.63) is 48.0 Å². The van der Waals surface area contributed by atoms with Gasteiger partial charge in [0, 0.05) is 12.6 Å². The molecule has 9 heteroatoms. The van der Waals surface area contributed by atoms with Gasteiger partial charge in [0.2, 0.25) is 5.91 Å². The summed E-state index contributed by atoms with van der Waals surface area (Å²) in [5, 5.41) is 11.5. The second-order valence-corrected chi connectivity index (χ2v) is 6.72. The van der Waals surface area contributed by atoms with E-state index in [9.17, 15) is 18.0 Å². The monoisotopic (exact) mass is 364 g/mol. The minimum Gasteiger partial charge on any atom is -0.495 e. The van der Waals surface area contributed by atoms with Crippen LogP contribution in [0.15, 0.2) is 47.4 Å². The van der Waals surface area contributed by atoms with Gasteiger partial charge in [-0.2, -0.15) is 0 Å². The number of amides is 1. The molecular formula is C16H16N2O6S. The topological polar surface area (TPSA) is 122 Å². The highest BCUT2D eigenvalue weighted by Crippen LogP contribution is 2.30. The number of ether oxygens (including phenoxy) is 1. The Morgan fingerprint density at radius 1 is 1.12 bits per heavy atom. The van der Waals surface area contributed by atoms with Crippen LogP contribution in [0.2, 0.25) is 0 Å². The van der Waals surface area contributed by atoms with Gasteiger partial charge in [0.15, 0.2) is 0 Å². The van der Waals surface area contributed by atoms with Crippen molar-refractivity contribution in [2.75, 3.05) is 17.1 Å². The number of methoxy groups -OCH3 is 1. The van der Waals surface area contributed by atoms with E-state index in [-0.39, 0.29) is 27.8 Å². The Balaban J connectivity index is 2.41. The maximum Gasteiger partial charge on any atom is 0.335 e. The van der Waals surface area contributed by atoms with Crippen molar-refractivity contribution in [2.45, 2.75) is 11.8 Å². The van der Waals surface area contributed by atoms with Crippen LogP contribution in [-0.4, -0.2) is 32.5 Å². The highest BCUT2D eigenvalue weighted by atomic mass is 32.2. The minimum absolute atomic E-state index is 0.106. The number of sulfonamides is 1. The Morgan fingerprint density at radius 2 is 1.84 bits per heavy atom. The third-order valence-electron chi connectivity index (χ3n) is 3.16. The van der Waals surface area contributed by atoms with E-state index in [4.69, 9.17) is 9.84 Å². The number of carboxylic acid groups (broad SMARTS) is 1. The van der Waals surface area contributed by atoms with E-state index in [1.807, 2.05) is 0 Å². The first-order valence-corrected chi connectivity index (χ1v) is 8.53. The molecule has 0 bridgehead atoms. The van der Waals surface area contributed by atoms with Gasteiger partial charge in [-0.15, -0.1) is 0 Å². The summed E-state index contributed by atoms with van der Waals surface area (Å²) in [5.74, 6) is -1.30. The van der Waals surface area contributed by atoms with Gasteiger partial charge in [-0.25, -0.2) is 13.2 Å². The molecular weight excluding hydrogens is 348 g/mol. The van der Waals surface area contributed by atoms with Crippen molar-refractivity contribution >= 4 is 33.3 Å². The zero-order chi connectivity index (χ0) is 18.6. The van der Waals surface area contributed by atoms with Gasteiger partial charge < -0.3 is 15.2 Å². The Morgan fingerprint density at radius 3 is 2.44 bits per heavy atom. The normalized spacial score (nSPS) is 10.8. The van der Waals surface area contributed by atoms with Crippen molar-refractivity contribution in [3.8, 4) is 5.75 Å². The van der Waals surface area contributed by atoms with Crippen molar-refractivity contribution in [1.82, 2.24) is 0 Å². The zero-order valence-electron chi connectivity index (χ0n) is 13.4. The number of anilines is 2. The summed E-state index contributed by atoms with van der Waals surface area (Å²) >= 11 is 0. The predicted octanol–water partition coefficient (Wildman–Crippen LogP) is 2.15. The lowest BCUT2D eigenvalue weighted by molar-refractivity contribution is -0.114. The lowest BCUT2D eigenvalue weighted by atomic mass is 10.2. The number of hydrogen-bond donors (Lipinski definition) is 3. The molecule has 0 fully saturated rings. The third kappa shape index (κ3) is 4.48. The Labute approximate surface area is 144 Å². The maximum absolute atomic E-state index is 12.5. The van der Waals surface area contributed by atoms with Crippen molar-refractivity contribution in [1.29, 1.82) is 0 Å². The van der Waals surface area contributed by atoms with Gasteiger partial charge in [0.25, 0.3) is 10.0 Å². The largest absolute Gasteiger partial charge is 0.495 e. The molecule has 2 aromatic carbocycles. The van der Waals surface area contributed by atoms with E-state index in [0.29, 0.717) is 5.69 Å². The highest BCUT2D eigenvalue weighted by molar-refractivity contribution is 7.92. The van der Waals surface area contributed by atoms with Gasteiger partial charge in [-0.3, -0.25) is 9.52 Å². The Hall–Kier alpha value is -3.07. The summed E-state index contributed by atoms with van der Waals surface area (Å²) in [4.78, 5) is 22.0. The average molecular weight is 364 g/mol. The molecule has 2 rings (SSSR count). The Kier molecular flexibility index (Phi) is 5.28. The van der Waals surface area contributed by atoms with Crippen LogP contribution < -0.4 is 14.8 Å². The highest BCUT2D eigenvalue weighted by Gasteiger charge is 2.18. The average Bonchev–Trinajstić information content (AvgIpc) is 2.54. The molecule has 0 aliphatic carbocycles. The van der Waals surface area contributed by atoms with Crippen LogP contribution in [0.1, 0.15) is 17.3 Å². The van der Waals surface area contributed by atoms with Gasteiger partial charge in [0.05, 0.1) is 23.3 Å². The number of nitrogens with one attached hydrogen (secondary N) is 2. The van der Waals surface area contributed by atoms with Gasteiger partial charge in [-0.05, 0) is 36.4 Å². The fourth-order valence-electron chi connectivity index (χ4n) is 2.07. The fraction of sp³-hybridized carbons (Fsp3) is 0.125. The molecule has 0 aromatic heterocycles. The van der Waals surface area contributed by atoms with Crippen LogP contribution in [0.5, 0.6) is 5.75 Å². The Bertz CT molecular complexity index is 924. The third-order valence-corrected chi connectivity index (χ3v) is 4.52. The molecule has 0 saturated carbocycles. The summed E-state index contributed by atoms with van der Waals surface area (Å²) in [6.07, 6.45) is 0. The van der Waals surface area contributed by atoms with Crippen molar-refractivity contribution in [2.24, 2.45) is 0 Å². The van der Waals surface area contributed by atoms with Crippen LogP contribution in [0, 0.1) is 0 Å². The zero-order valence-corrected chi connectivity index (χ0v) is 14.3. The molecule has 0 saturated heterocycles. The molecule has 8 nitrogen and oxygen atoms in total. The molecule has 0 aliphatic rings. The molecule has 0 heterocycles. The number of aromatic carboxylic acids is 1. The quantitative estimate of drug-likeness (QED) is 0.722. The van der Waals surface area contributed by atoms with Crippen LogP contribution in [0.3, 0.4) is 0 Å². The van der Waals surface area contributed by atoms with Gasteiger partial charge in [-0.1, -0.05) is 6.07 Å². The first-order chi connectivity index (χ1) is 11.7. The van der Waals surface area contributed by atoms with E-state index >= 15 is 0 Å². The first kappa shape index (κ1) is 18.3. The lowest BCUT2D eigenvalue weighted by Crippen LogP contribution is -2.15. The molecule has 3 N–H and O–H groups in total. The van der Waals surface area contributed by atoms with E-state index in [0.717, 1.165) is 6.07 Å². The van der Waals surface area contributed by atoms with Crippen LogP contribution in [0.25, 0.3) is 0 Å².